The number of carbonyl (C=O) groups excluding carboxylic acids is 1. The Bertz CT molecular complexity index is 986. The standard InChI is InChI=1S/C24H30ClN3OS2/c1-4-27(5-2)14-15-28(24-26-21-13-10-19(25)17-22(21)31-24)23(29)7-6-16-30-20-11-8-18(3)9-12-20/h8-13,17H,4-7,14-16H2,1-3H3. The number of halogens is 1. The number of aryl methyl sites for hydroxylation is 1. The molecule has 3 rings (SSSR count). The Morgan fingerprint density at radius 3 is 2.55 bits per heavy atom. The highest BCUT2D eigenvalue weighted by atomic mass is 35.5. The van der Waals surface area contributed by atoms with Crippen LogP contribution in [0.5, 0.6) is 0 Å². The third kappa shape index (κ3) is 6.94. The van der Waals surface area contributed by atoms with Gasteiger partial charge in [0.25, 0.3) is 0 Å². The molecule has 1 heterocycles. The van der Waals surface area contributed by atoms with E-state index in [9.17, 15) is 4.79 Å². The van der Waals surface area contributed by atoms with E-state index in [0.717, 1.165) is 47.2 Å². The Balaban J connectivity index is 1.65. The zero-order chi connectivity index (χ0) is 22.2. The molecule has 0 fully saturated rings. The largest absolute Gasteiger partial charge is 0.302 e. The van der Waals surface area contributed by atoms with Crippen LogP contribution in [0.25, 0.3) is 10.2 Å². The zero-order valence-corrected chi connectivity index (χ0v) is 20.8. The van der Waals surface area contributed by atoms with Crippen molar-refractivity contribution in [3.8, 4) is 0 Å². The van der Waals surface area contributed by atoms with E-state index in [4.69, 9.17) is 16.6 Å². The molecule has 1 amide bonds. The first-order valence-corrected chi connectivity index (χ1v) is 13.0. The third-order valence-corrected chi connectivity index (χ3v) is 7.60. The van der Waals surface area contributed by atoms with Gasteiger partial charge in [-0.2, -0.15) is 0 Å². The van der Waals surface area contributed by atoms with Crippen LogP contribution in [-0.4, -0.2) is 47.7 Å². The predicted octanol–water partition coefficient (Wildman–Crippen LogP) is 6.51. The van der Waals surface area contributed by atoms with Crippen LogP contribution in [0.15, 0.2) is 47.4 Å². The van der Waals surface area contributed by atoms with E-state index < -0.39 is 0 Å². The maximum absolute atomic E-state index is 13.2. The van der Waals surface area contributed by atoms with Gasteiger partial charge in [-0.15, -0.1) is 11.8 Å². The van der Waals surface area contributed by atoms with Crippen molar-refractivity contribution in [3.05, 3.63) is 53.1 Å². The molecule has 7 heteroatoms. The van der Waals surface area contributed by atoms with Crippen LogP contribution < -0.4 is 4.90 Å². The van der Waals surface area contributed by atoms with Gasteiger partial charge in [-0.3, -0.25) is 9.69 Å². The predicted molar refractivity (Wildman–Crippen MR) is 136 cm³/mol. The Kier molecular flexibility index (Phi) is 9.20. The van der Waals surface area contributed by atoms with Crippen LogP contribution in [0.2, 0.25) is 5.02 Å². The zero-order valence-electron chi connectivity index (χ0n) is 18.4. The highest BCUT2D eigenvalue weighted by Crippen LogP contribution is 2.31. The minimum Gasteiger partial charge on any atom is -0.302 e. The third-order valence-electron chi connectivity index (χ3n) is 5.23. The Hall–Kier alpha value is -1.60. The number of likely N-dealkylation sites (N-methyl/N-ethyl adjacent to an activating group) is 1. The minimum atomic E-state index is 0.141. The van der Waals surface area contributed by atoms with E-state index >= 15 is 0 Å². The average molecular weight is 476 g/mol. The molecule has 1 aromatic heterocycles. The molecule has 0 aliphatic heterocycles. The van der Waals surface area contributed by atoms with Crippen molar-refractivity contribution in [1.82, 2.24) is 9.88 Å². The number of thioether (sulfide) groups is 1. The summed E-state index contributed by atoms with van der Waals surface area (Å²) in [7, 11) is 0. The van der Waals surface area contributed by atoms with Crippen molar-refractivity contribution in [1.29, 1.82) is 0 Å². The number of benzene rings is 2. The summed E-state index contributed by atoms with van der Waals surface area (Å²) in [6.07, 6.45) is 1.36. The van der Waals surface area contributed by atoms with Crippen molar-refractivity contribution < 1.29 is 4.79 Å². The Labute approximate surface area is 198 Å². The van der Waals surface area contributed by atoms with Gasteiger partial charge in [0.15, 0.2) is 5.13 Å². The first kappa shape index (κ1) is 24.1. The summed E-state index contributed by atoms with van der Waals surface area (Å²) < 4.78 is 1.01. The van der Waals surface area contributed by atoms with Crippen LogP contribution in [0.1, 0.15) is 32.3 Å². The van der Waals surface area contributed by atoms with Crippen molar-refractivity contribution in [3.63, 3.8) is 0 Å². The smallest absolute Gasteiger partial charge is 0.228 e. The van der Waals surface area contributed by atoms with E-state index in [1.54, 1.807) is 11.8 Å². The number of fused-ring (bicyclic) bond motifs is 1. The molecule has 0 N–H and O–H groups in total. The number of rotatable bonds is 11. The van der Waals surface area contributed by atoms with Gasteiger partial charge in [-0.05, 0) is 62.5 Å². The number of amides is 1. The fourth-order valence-electron chi connectivity index (χ4n) is 3.29. The van der Waals surface area contributed by atoms with Crippen LogP contribution in [-0.2, 0) is 4.79 Å². The molecule has 166 valence electrons. The summed E-state index contributed by atoms with van der Waals surface area (Å²) in [4.78, 5) is 23.4. The van der Waals surface area contributed by atoms with Crippen LogP contribution in [0.3, 0.4) is 0 Å². The lowest BCUT2D eigenvalue weighted by Crippen LogP contribution is -2.38. The van der Waals surface area contributed by atoms with Gasteiger partial charge in [0, 0.05) is 29.4 Å². The molecule has 0 aliphatic rings. The molecule has 0 bridgehead atoms. The summed E-state index contributed by atoms with van der Waals surface area (Å²) in [6.45, 7) is 9.83. The summed E-state index contributed by atoms with van der Waals surface area (Å²) >= 11 is 9.48. The fourth-order valence-corrected chi connectivity index (χ4v) is 5.43. The van der Waals surface area contributed by atoms with Crippen molar-refractivity contribution in [2.45, 2.75) is 38.5 Å². The van der Waals surface area contributed by atoms with E-state index in [0.29, 0.717) is 18.0 Å². The molecular weight excluding hydrogens is 446 g/mol. The number of thiazole rings is 1. The van der Waals surface area contributed by atoms with Crippen LogP contribution >= 0.6 is 34.7 Å². The number of hydrogen-bond acceptors (Lipinski definition) is 5. The average Bonchev–Trinajstić information content (AvgIpc) is 3.18. The maximum Gasteiger partial charge on any atom is 0.228 e. The van der Waals surface area contributed by atoms with Crippen molar-refractivity contribution in [2.24, 2.45) is 0 Å². The lowest BCUT2D eigenvalue weighted by atomic mass is 10.2. The van der Waals surface area contributed by atoms with E-state index in [2.05, 4.69) is 49.9 Å². The van der Waals surface area contributed by atoms with Gasteiger partial charge in [-0.25, -0.2) is 4.98 Å². The molecular formula is C24H30ClN3OS2. The van der Waals surface area contributed by atoms with Gasteiger partial charge in [0.05, 0.1) is 10.2 Å². The van der Waals surface area contributed by atoms with E-state index in [1.165, 1.54) is 21.8 Å². The Morgan fingerprint density at radius 2 is 1.84 bits per heavy atom. The lowest BCUT2D eigenvalue weighted by molar-refractivity contribution is -0.118. The molecule has 0 spiro atoms. The van der Waals surface area contributed by atoms with Gasteiger partial charge >= 0.3 is 0 Å². The first-order valence-electron chi connectivity index (χ1n) is 10.8. The summed E-state index contributed by atoms with van der Waals surface area (Å²) in [5.41, 5.74) is 2.15. The quantitative estimate of drug-likeness (QED) is 0.234. The number of anilines is 1. The molecule has 0 saturated heterocycles. The summed E-state index contributed by atoms with van der Waals surface area (Å²) in [5, 5.41) is 1.46. The normalized spacial score (nSPS) is 11.4. The number of nitrogens with zero attached hydrogens (tertiary/aromatic N) is 3. The second-order valence-corrected chi connectivity index (χ2v) is 10.1. The van der Waals surface area contributed by atoms with Gasteiger partial charge in [0.1, 0.15) is 0 Å². The molecule has 31 heavy (non-hydrogen) atoms. The molecule has 3 aromatic rings. The molecule has 0 atom stereocenters. The number of carbonyl (C=O) groups is 1. The molecule has 0 aliphatic carbocycles. The molecule has 2 aromatic carbocycles. The van der Waals surface area contributed by atoms with Gasteiger partial charge in [-0.1, -0.05) is 54.5 Å². The second-order valence-electron chi connectivity index (χ2n) is 7.45. The monoisotopic (exact) mass is 475 g/mol. The molecule has 4 nitrogen and oxygen atoms in total. The molecule has 0 saturated carbocycles. The minimum absolute atomic E-state index is 0.141. The van der Waals surface area contributed by atoms with Crippen molar-refractivity contribution >= 4 is 56.0 Å². The lowest BCUT2D eigenvalue weighted by Gasteiger charge is -2.24. The molecule has 0 unspecified atom stereocenters. The fraction of sp³-hybridized carbons (Fsp3) is 0.417. The van der Waals surface area contributed by atoms with Gasteiger partial charge in [0.2, 0.25) is 5.91 Å². The highest BCUT2D eigenvalue weighted by Gasteiger charge is 2.20. The Morgan fingerprint density at radius 1 is 1.10 bits per heavy atom. The van der Waals surface area contributed by atoms with E-state index in [-0.39, 0.29) is 5.91 Å². The van der Waals surface area contributed by atoms with Crippen molar-refractivity contribution in [2.75, 3.05) is 36.8 Å². The summed E-state index contributed by atoms with van der Waals surface area (Å²) in [5.74, 6) is 1.07. The SMILES string of the molecule is CCN(CC)CCN(C(=O)CCCSc1ccc(C)cc1)c1nc2ccc(Cl)cc2s1. The molecule has 0 radical (unpaired) electrons. The van der Waals surface area contributed by atoms with Crippen LogP contribution in [0, 0.1) is 6.92 Å². The summed E-state index contributed by atoms with van der Waals surface area (Å²) in [6, 6.07) is 14.2. The highest BCUT2D eigenvalue weighted by molar-refractivity contribution is 7.99. The van der Waals surface area contributed by atoms with E-state index in [1.807, 2.05) is 23.1 Å². The maximum atomic E-state index is 13.2. The number of hydrogen-bond donors (Lipinski definition) is 0. The number of aromatic nitrogens is 1. The first-order chi connectivity index (χ1) is 15.0. The van der Waals surface area contributed by atoms with Gasteiger partial charge < -0.3 is 4.90 Å². The topological polar surface area (TPSA) is 36.4 Å². The van der Waals surface area contributed by atoms with Crippen LogP contribution in [0.4, 0.5) is 5.13 Å². The second kappa shape index (κ2) is 11.9.